The molecule has 0 radical (unpaired) electrons. The fourth-order valence-corrected chi connectivity index (χ4v) is 13.4. The Hall–Kier alpha value is -1.94. The van der Waals surface area contributed by atoms with E-state index < -0.39 is 97.5 Å². The second-order valence-corrected chi connectivity index (χ2v) is 32.1. The molecule has 0 amide bonds. The summed E-state index contributed by atoms with van der Waals surface area (Å²) in [6.07, 6.45) is 54.1. The molecule has 0 rings (SSSR count). The molecule has 0 aromatic rings. The number of unbranched alkanes of at least 4 members (excludes halogenated alkanes) is 43. The molecule has 0 heterocycles. The van der Waals surface area contributed by atoms with Crippen LogP contribution in [0.15, 0.2) is 0 Å². The maximum atomic E-state index is 13.1. The first-order valence-electron chi connectivity index (χ1n) is 39.8. The highest BCUT2D eigenvalue weighted by molar-refractivity contribution is 7.47. The number of rotatable bonds is 75. The number of hydrogen-bond acceptors (Lipinski definition) is 15. The number of aliphatic hydroxyl groups is 1. The quantitative estimate of drug-likeness (QED) is 0.0222. The Kier molecular flexibility index (Phi) is 66.2. The molecule has 570 valence electrons. The Balaban J connectivity index is 5.22. The maximum Gasteiger partial charge on any atom is 0.472 e. The molecule has 0 aliphatic rings. The smallest absolute Gasteiger partial charge is 0.462 e. The second-order valence-electron chi connectivity index (χ2n) is 29.2. The van der Waals surface area contributed by atoms with Gasteiger partial charge in [-0.25, -0.2) is 9.13 Å². The first-order valence-corrected chi connectivity index (χ1v) is 42.8. The topological polar surface area (TPSA) is 237 Å². The third-order valence-corrected chi connectivity index (χ3v) is 19.8. The van der Waals surface area contributed by atoms with Gasteiger partial charge >= 0.3 is 39.5 Å². The molecule has 0 spiro atoms. The molecule has 0 aromatic heterocycles. The van der Waals surface area contributed by atoms with Crippen LogP contribution in [0.5, 0.6) is 0 Å². The zero-order valence-corrected chi connectivity index (χ0v) is 64.6. The number of hydrogen-bond donors (Lipinski definition) is 3. The molecule has 96 heavy (non-hydrogen) atoms. The van der Waals surface area contributed by atoms with Gasteiger partial charge in [0.15, 0.2) is 12.2 Å². The normalized spacial score (nSPS) is 14.1. The van der Waals surface area contributed by atoms with Crippen molar-refractivity contribution in [2.24, 2.45) is 17.8 Å². The molecule has 0 fully saturated rings. The van der Waals surface area contributed by atoms with Crippen LogP contribution in [0.3, 0.4) is 0 Å². The highest BCUT2D eigenvalue weighted by atomic mass is 31.2. The molecule has 17 nitrogen and oxygen atoms in total. The van der Waals surface area contributed by atoms with Gasteiger partial charge in [0.25, 0.3) is 0 Å². The predicted octanol–water partition coefficient (Wildman–Crippen LogP) is 22.6. The Morgan fingerprint density at radius 3 is 0.708 bits per heavy atom. The van der Waals surface area contributed by atoms with E-state index in [0.717, 1.165) is 114 Å². The number of esters is 4. The fraction of sp³-hybridized carbons (Fsp3) is 0.948. The average molecular weight is 1410 g/mol. The lowest BCUT2D eigenvalue weighted by molar-refractivity contribution is -0.161. The molecule has 0 bridgehead atoms. The average Bonchev–Trinajstić information content (AvgIpc) is 2.14. The van der Waals surface area contributed by atoms with Gasteiger partial charge in [0, 0.05) is 25.7 Å². The number of ether oxygens (including phenoxy) is 4. The third kappa shape index (κ3) is 70.5. The van der Waals surface area contributed by atoms with E-state index in [1.807, 2.05) is 0 Å². The molecule has 0 aliphatic carbocycles. The Morgan fingerprint density at radius 1 is 0.281 bits per heavy atom. The molecule has 5 atom stereocenters. The van der Waals surface area contributed by atoms with Gasteiger partial charge in [-0.1, -0.05) is 344 Å². The summed E-state index contributed by atoms with van der Waals surface area (Å²) in [4.78, 5) is 72.8. The van der Waals surface area contributed by atoms with Gasteiger partial charge in [0.2, 0.25) is 0 Å². The van der Waals surface area contributed by atoms with Crippen molar-refractivity contribution in [1.82, 2.24) is 0 Å². The van der Waals surface area contributed by atoms with E-state index in [2.05, 4.69) is 48.5 Å². The molecule has 3 N–H and O–H groups in total. The summed E-state index contributed by atoms with van der Waals surface area (Å²) < 4.78 is 68.5. The SMILES string of the molecule is CCCCCCCCCCC(=O)OC[C@H](COP(=O)(O)OC[C@H](O)COP(=O)(O)OC[C@@H](COC(=O)CCCCCCCCCCCCCCCC(C)C)OC(=O)CCCCCCCCCCCCCCCC(C)C)OC(=O)CCCCCCCCCCCCCCCC(C)C. The van der Waals surface area contributed by atoms with Gasteiger partial charge in [-0.15, -0.1) is 0 Å². The number of phosphoric ester groups is 2. The van der Waals surface area contributed by atoms with Crippen molar-refractivity contribution in [1.29, 1.82) is 0 Å². The first-order chi connectivity index (χ1) is 46.2. The number of phosphoric acid groups is 2. The molecular formula is C77H150O17P2. The lowest BCUT2D eigenvalue weighted by Gasteiger charge is -2.21. The Morgan fingerprint density at radius 2 is 0.479 bits per heavy atom. The highest BCUT2D eigenvalue weighted by Crippen LogP contribution is 2.45. The van der Waals surface area contributed by atoms with Gasteiger partial charge < -0.3 is 33.8 Å². The minimum Gasteiger partial charge on any atom is -0.462 e. The summed E-state index contributed by atoms with van der Waals surface area (Å²) in [6, 6.07) is 0. The van der Waals surface area contributed by atoms with Crippen LogP contribution in [0.4, 0.5) is 0 Å². The summed E-state index contributed by atoms with van der Waals surface area (Å²) in [6.45, 7) is 11.9. The van der Waals surface area contributed by atoms with Crippen molar-refractivity contribution in [3.05, 3.63) is 0 Å². The Bertz CT molecular complexity index is 1870. The standard InChI is InChI=1S/C77H150O17P2/c1-8-9-10-11-12-37-44-51-58-74(79)87-64-72(93-76(81)60-53-46-39-32-26-20-14-17-23-29-35-42-49-56-69(4)5)66-91-95(83,84)89-62-71(78)63-90-96(85,86)92-67-73(94-77(82)61-54-47-40-33-27-21-15-18-24-30-36-43-50-57-70(6)7)65-88-75(80)59-52-45-38-31-25-19-13-16-22-28-34-41-48-55-68(2)3/h68-73,78H,8-67H2,1-7H3,(H,83,84)(H,85,86)/t71-,72+,73+/m0/s1. The molecule has 0 saturated heterocycles. The van der Waals surface area contributed by atoms with E-state index in [1.165, 1.54) is 199 Å². The monoisotopic (exact) mass is 1410 g/mol. The van der Waals surface area contributed by atoms with Crippen LogP contribution in [0.1, 0.15) is 395 Å². The van der Waals surface area contributed by atoms with E-state index in [9.17, 15) is 43.2 Å². The van der Waals surface area contributed by atoms with E-state index in [4.69, 9.17) is 37.0 Å². The molecular weight excluding hydrogens is 1260 g/mol. The van der Waals surface area contributed by atoms with Crippen molar-refractivity contribution in [3.63, 3.8) is 0 Å². The van der Waals surface area contributed by atoms with Crippen LogP contribution in [-0.2, 0) is 65.4 Å². The molecule has 0 aromatic carbocycles. The molecule has 19 heteroatoms. The number of carbonyl (C=O) groups is 4. The van der Waals surface area contributed by atoms with Gasteiger partial charge in [-0.2, -0.15) is 0 Å². The second kappa shape index (κ2) is 67.5. The van der Waals surface area contributed by atoms with Gasteiger partial charge in [-0.05, 0) is 43.4 Å². The summed E-state index contributed by atoms with van der Waals surface area (Å²) in [5.74, 6) is 0.247. The maximum absolute atomic E-state index is 13.1. The summed E-state index contributed by atoms with van der Waals surface area (Å²) in [7, 11) is -9.91. The summed E-state index contributed by atoms with van der Waals surface area (Å²) in [5, 5.41) is 10.6. The van der Waals surface area contributed by atoms with E-state index >= 15 is 0 Å². The molecule has 0 saturated carbocycles. The fourth-order valence-electron chi connectivity index (χ4n) is 11.8. The summed E-state index contributed by atoms with van der Waals surface area (Å²) >= 11 is 0. The minimum absolute atomic E-state index is 0.107. The highest BCUT2D eigenvalue weighted by Gasteiger charge is 2.30. The molecule has 0 aliphatic heterocycles. The van der Waals surface area contributed by atoms with Crippen LogP contribution in [0.2, 0.25) is 0 Å². The van der Waals surface area contributed by atoms with Crippen LogP contribution in [0.25, 0.3) is 0 Å². The summed E-state index contributed by atoms with van der Waals surface area (Å²) in [5.41, 5.74) is 0. The lowest BCUT2D eigenvalue weighted by Crippen LogP contribution is -2.30. The lowest BCUT2D eigenvalue weighted by atomic mass is 10.0. The third-order valence-electron chi connectivity index (χ3n) is 17.9. The van der Waals surface area contributed by atoms with Crippen molar-refractivity contribution < 1.29 is 80.2 Å². The number of carbonyl (C=O) groups excluding carboxylic acids is 4. The zero-order chi connectivity index (χ0) is 70.9. The van der Waals surface area contributed by atoms with E-state index in [-0.39, 0.29) is 25.7 Å². The van der Waals surface area contributed by atoms with Crippen LogP contribution in [0, 0.1) is 17.8 Å². The zero-order valence-electron chi connectivity index (χ0n) is 62.8. The van der Waals surface area contributed by atoms with Gasteiger partial charge in [0.05, 0.1) is 26.4 Å². The van der Waals surface area contributed by atoms with Crippen molar-refractivity contribution in [3.8, 4) is 0 Å². The van der Waals surface area contributed by atoms with Crippen LogP contribution < -0.4 is 0 Å². The van der Waals surface area contributed by atoms with Crippen molar-refractivity contribution in [2.45, 2.75) is 414 Å². The largest absolute Gasteiger partial charge is 0.472 e. The molecule has 2 unspecified atom stereocenters. The van der Waals surface area contributed by atoms with Gasteiger partial charge in [0.1, 0.15) is 19.3 Å². The van der Waals surface area contributed by atoms with E-state index in [0.29, 0.717) is 25.7 Å². The minimum atomic E-state index is -4.96. The predicted molar refractivity (Wildman–Crippen MR) is 391 cm³/mol. The van der Waals surface area contributed by atoms with E-state index in [1.54, 1.807) is 0 Å². The first kappa shape index (κ1) is 94.1. The number of aliphatic hydroxyl groups excluding tert-OH is 1. The van der Waals surface area contributed by atoms with Gasteiger partial charge in [-0.3, -0.25) is 37.3 Å². The van der Waals surface area contributed by atoms with Crippen molar-refractivity contribution >= 4 is 39.5 Å². The van der Waals surface area contributed by atoms with Crippen LogP contribution >= 0.6 is 15.6 Å². The van der Waals surface area contributed by atoms with Crippen LogP contribution in [-0.4, -0.2) is 96.7 Å². The van der Waals surface area contributed by atoms with Crippen molar-refractivity contribution in [2.75, 3.05) is 39.6 Å². The Labute approximate surface area is 588 Å².